The molecule has 2 fully saturated rings. The first-order valence-corrected chi connectivity index (χ1v) is 12.7. The van der Waals surface area contributed by atoms with Crippen molar-refractivity contribution in [3.8, 4) is 0 Å². The third kappa shape index (κ3) is 2.52. The molecular formula is C32H24N4O2+2. The Bertz CT molecular complexity index is 1850. The molecule has 6 nitrogen and oxygen atoms in total. The van der Waals surface area contributed by atoms with Crippen LogP contribution < -0.4 is 30.0 Å². The Morgan fingerprint density at radius 2 is 0.974 bits per heavy atom. The van der Waals surface area contributed by atoms with Gasteiger partial charge in [-0.25, -0.2) is 0 Å². The summed E-state index contributed by atoms with van der Waals surface area (Å²) in [6.45, 7) is 4.02. The van der Waals surface area contributed by atoms with Gasteiger partial charge in [-0.3, -0.25) is 9.97 Å². The van der Waals surface area contributed by atoms with Crippen molar-refractivity contribution < 1.29 is 18.6 Å². The standard InChI is InChI=1S/C32H24N4O2/c1-21-17-23-25(19-33-21)29-31(27(23)37-29,35-13-7-3-8-14-35)11-5-6-12-32(36-15-9-4-10-16-36)28-24-18-22(2)34-20-26(24)30(32)38-28/h3-20H,1-2H3/q+2/b11-5+,12-6+/t31-,32+. The van der Waals surface area contributed by atoms with Crippen LogP contribution in [0.25, 0.3) is 23.0 Å². The molecule has 2 aliphatic heterocycles. The molecule has 2 saturated heterocycles. The molecule has 0 unspecified atom stereocenters. The number of pyridine rings is 4. The number of ether oxygens (including phenoxy) is 2. The van der Waals surface area contributed by atoms with E-state index in [1.54, 1.807) is 0 Å². The number of aryl methyl sites for hydroxylation is 2. The maximum absolute atomic E-state index is 6.20. The summed E-state index contributed by atoms with van der Waals surface area (Å²) >= 11 is 0. The van der Waals surface area contributed by atoms with Gasteiger partial charge in [0.15, 0.2) is 47.8 Å². The minimum absolute atomic E-state index is 0.504. The van der Waals surface area contributed by atoms with Gasteiger partial charge in [-0.15, -0.1) is 0 Å². The molecule has 4 aliphatic rings. The summed E-state index contributed by atoms with van der Waals surface area (Å²) in [6.07, 6.45) is 20.9. The van der Waals surface area contributed by atoms with E-state index in [0.29, 0.717) is 0 Å². The second kappa shape index (κ2) is 7.35. The second-order valence-corrected chi connectivity index (χ2v) is 10.1. The number of hydrogen-bond donors (Lipinski definition) is 0. The summed E-state index contributed by atoms with van der Waals surface area (Å²) in [5.74, 6) is 3.69. The summed E-state index contributed by atoms with van der Waals surface area (Å²) < 4.78 is 16.8. The van der Waals surface area contributed by atoms with Crippen molar-refractivity contribution in [1.82, 2.24) is 9.97 Å². The molecule has 0 spiro atoms. The number of allylic oxidation sites excluding steroid dienone is 2. The lowest BCUT2D eigenvalue weighted by atomic mass is 9.88. The fraction of sp³-hybridized carbons (Fsp3) is 0.125. The first-order valence-electron chi connectivity index (χ1n) is 12.7. The van der Waals surface area contributed by atoms with Crippen molar-refractivity contribution in [3.05, 3.63) is 142 Å². The van der Waals surface area contributed by atoms with Crippen LogP contribution in [0.3, 0.4) is 0 Å². The number of fused-ring (bicyclic) bond motifs is 6. The highest BCUT2D eigenvalue weighted by atomic mass is 16.5. The highest BCUT2D eigenvalue weighted by Crippen LogP contribution is 2.48. The van der Waals surface area contributed by atoms with Crippen LogP contribution in [0, 0.1) is 13.8 Å². The number of hydrogen-bond acceptors (Lipinski definition) is 4. The molecule has 0 N–H and O–H groups in total. The lowest BCUT2D eigenvalue weighted by molar-refractivity contribution is -0.734. The molecule has 6 heterocycles. The zero-order chi connectivity index (χ0) is 25.5. The molecule has 2 atom stereocenters. The first kappa shape index (κ1) is 21.3. The van der Waals surface area contributed by atoms with Gasteiger partial charge in [-0.05, 0) is 26.0 Å². The maximum atomic E-state index is 6.20. The van der Waals surface area contributed by atoms with E-state index in [1.165, 1.54) is 0 Å². The van der Waals surface area contributed by atoms with Gasteiger partial charge in [0.05, 0.1) is 10.4 Å². The molecule has 0 saturated carbocycles. The largest absolute Gasteiger partial charge is 0.448 e. The van der Waals surface area contributed by atoms with E-state index in [9.17, 15) is 0 Å². The quantitative estimate of drug-likeness (QED) is 0.303. The molecule has 0 amide bonds. The Morgan fingerprint density at radius 3 is 1.39 bits per heavy atom. The van der Waals surface area contributed by atoms with Gasteiger partial charge < -0.3 is 9.47 Å². The zero-order valence-corrected chi connectivity index (χ0v) is 21.0. The van der Waals surface area contributed by atoms with E-state index in [4.69, 9.17) is 9.47 Å². The molecule has 8 rings (SSSR count). The van der Waals surface area contributed by atoms with Crippen molar-refractivity contribution in [2.24, 2.45) is 0 Å². The summed E-state index contributed by atoms with van der Waals surface area (Å²) in [5, 5.41) is 4.34. The number of aromatic nitrogens is 4. The van der Waals surface area contributed by atoms with Gasteiger partial charge in [0.2, 0.25) is 0 Å². The molecular weight excluding hydrogens is 472 g/mol. The Labute approximate surface area is 218 Å². The van der Waals surface area contributed by atoms with Crippen molar-refractivity contribution in [3.63, 3.8) is 0 Å². The lowest BCUT2D eigenvalue weighted by Crippen LogP contribution is -2.61. The highest BCUT2D eigenvalue weighted by Gasteiger charge is 2.63. The summed E-state index contributed by atoms with van der Waals surface area (Å²) in [4.78, 5) is 9.06. The van der Waals surface area contributed by atoms with E-state index in [0.717, 1.165) is 55.3 Å². The molecule has 4 aromatic heterocycles. The molecule has 38 heavy (non-hydrogen) atoms. The number of nitrogens with zero attached hydrogens (tertiary/aromatic N) is 4. The van der Waals surface area contributed by atoms with Crippen molar-refractivity contribution in [2.45, 2.75) is 24.9 Å². The fourth-order valence-corrected chi connectivity index (χ4v) is 6.13. The van der Waals surface area contributed by atoms with Crippen LogP contribution in [0.1, 0.15) is 11.4 Å². The van der Waals surface area contributed by atoms with Crippen molar-refractivity contribution >= 4 is 23.0 Å². The fourth-order valence-electron chi connectivity index (χ4n) is 6.13. The minimum Gasteiger partial charge on any atom is -0.448 e. The first-order chi connectivity index (χ1) is 18.6. The third-order valence-electron chi connectivity index (χ3n) is 7.88. The maximum Gasteiger partial charge on any atom is 0.302 e. The van der Waals surface area contributed by atoms with Gasteiger partial charge in [0, 0.05) is 70.6 Å². The molecule has 182 valence electrons. The monoisotopic (exact) mass is 496 g/mol. The van der Waals surface area contributed by atoms with Crippen LogP contribution >= 0.6 is 0 Å². The average molecular weight is 497 g/mol. The van der Waals surface area contributed by atoms with Crippen LogP contribution in [0.5, 0.6) is 0 Å². The normalized spacial score (nSPS) is 23.7. The summed E-state index contributed by atoms with van der Waals surface area (Å²) in [6, 6.07) is 16.5. The predicted molar refractivity (Wildman–Crippen MR) is 140 cm³/mol. The van der Waals surface area contributed by atoms with E-state index in [2.05, 4.69) is 80.3 Å². The molecule has 4 aromatic rings. The Hall–Kier alpha value is -4.84. The Balaban J connectivity index is 1.26. The van der Waals surface area contributed by atoms with E-state index < -0.39 is 11.1 Å². The van der Waals surface area contributed by atoms with E-state index in [-0.39, 0.29) is 0 Å². The third-order valence-corrected chi connectivity index (χ3v) is 7.88. The van der Waals surface area contributed by atoms with Crippen molar-refractivity contribution in [2.75, 3.05) is 0 Å². The number of rotatable bonds is 5. The average Bonchev–Trinajstić information content (AvgIpc) is 3.64. The second-order valence-electron chi connectivity index (χ2n) is 10.1. The predicted octanol–water partition coefficient (Wildman–Crippen LogP) is 0.792. The molecule has 2 aliphatic carbocycles. The van der Waals surface area contributed by atoms with Crippen LogP contribution in [-0.2, 0) is 20.6 Å². The van der Waals surface area contributed by atoms with Crippen LogP contribution in [0.2, 0.25) is 0 Å². The smallest absolute Gasteiger partial charge is 0.302 e. The Morgan fingerprint density at radius 1 is 0.579 bits per heavy atom. The van der Waals surface area contributed by atoms with Gasteiger partial charge in [0.1, 0.15) is 0 Å². The zero-order valence-electron chi connectivity index (χ0n) is 21.0. The summed E-state index contributed by atoms with van der Waals surface area (Å²) in [7, 11) is 0. The van der Waals surface area contributed by atoms with Gasteiger partial charge >= 0.3 is 11.1 Å². The highest BCUT2D eigenvalue weighted by molar-refractivity contribution is 5.85. The van der Waals surface area contributed by atoms with E-state index in [1.807, 2.05) is 62.6 Å². The topological polar surface area (TPSA) is 52.0 Å². The van der Waals surface area contributed by atoms with Crippen LogP contribution in [0.4, 0.5) is 0 Å². The van der Waals surface area contributed by atoms with Gasteiger partial charge in [-0.2, -0.15) is 9.13 Å². The lowest BCUT2D eigenvalue weighted by Gasteiger charge is -2.35. The van der Waals surface area contributed by atoms with Crippen molar-refractivity contribution in [1.29, 1.82) is 0 Å². The van der Waals surface area contributed by atoms with Crippen LogP contribution in [-0.4, -0.2) is 9.97 Å². The van der Waals surface area contributed by atoms with Crippen LogP contribution in [0.15, 0.2) is 110 Å². The molecule has 0 radical (unpaired) electrons. The van der Waals surface area contributed by atoms with E-state index >= 15 is 0 Å². The Kier molecular flexibility index (Phi) is 4.12. The molecule has 6 heteroatoms. The molecule has 4 bridgehead atoms. The van der Waals surface area contributed by atoms with Gasteiger partial charge in [-0.1, -0.05) is 24.3 Å². The van der Waals surface area contributed by atoms with Gasteiger partial charge in [0.25, 0.3) is 0 Å². The minimum atomic E-state index is -0.504. The summed E-state index contributed by atoms with van der Waals surface area (Å²) in [5.41, 5.74) is 0.944. The SMILES string of the molecule is Cc1cc2c(cn1)=C1OC=2[C@@]1(/C=C/C=C/[C@@]1([n+]2ccccc2)C2=c3cnc(C)cc3=C1O2)[n+]1ccccc1. The molecule has 0 aromatic carbocycles.